The van der Waals surface area contributed by atoms with Crippen molar-refractivity contribution in [2.45, 2.75) is 59.9 Å². The standard InChI is InChI=1S/C21H37N5O2/c1-6-25(7-2)13-8-9-18(5)24-20(27)10-14-26(16-17(3)4)21(28)19-15-22-11-12-23-19/h11-12,15,17-18H,6-10,13-14,16H2,1-5H3,(H,24,27)/p+1/t18-/m1/s1. The van der Waals surface area contributed by atoms with Crippen molar-refractivity contribution in [1.82, 2.24) is 20.2 Å². The molecule has 0 saturated carbocycles. The molecule has 0 radical (unpaired) electrons. The average molecular weight is 393 g/mol. The van der Waals surface area contributed by atoms with Gasteiger partial charge in [0.25, 0.3) is 5.91 Å². The molecule has 0 aromatic carbocycles. The van der Waals surface area contributed by atoms with Gasteiger partial charge in [-0.25, -0.2) is 4.98 Å². The van der Waals surface area contributed by atoms with Gasteiger partial charge in [-0.1, -0.05) is 13.8 Å². The van der Waals surface area contributed by atoms with E-state index < -0.39 is 0 Å². The number of carbonyl (C=O) groups excluding carboxylic acids is 2. The number of rotatable bonds is 13. The van der Waals surface area contributed by atoms with Gasteiger partial charge >= 0.3 is 0 Å². The third kappa shape index (κ3) is 9.26. The summed E-state index contributed by atoms with van der Waals surface area (Å²) in [6.07, 6.45) is 6.89. The molecule has 0 bridgehead atoms. The van der Waals surface area contributed by atoms with Crippen molar-refractivity contribution < 1.29 is 14.5 Å². The van der Waals surface area contributed by atoms with E-state index in [0.717, 1.165) is 32.5 Å². The van der Waals surface area contributed by atoms with E-state index in [0.29, 0.717) is 31.1 Å². The van der Waals surface area contributed by atoms with Gasteiger partial charge in [-0.05, 0) is 39.5 Å². The minimum absolute atomic E-state index is 0.0108. The quantitative estimate of drug-likeness (QED) is 0.528. The summed E-state index contributed by atoms with van der Waals surface area (Å²) >= 11 is 0. The smallest absolute Gasteiger partial charge is 0.274 e. The van der Waals surface area contributed by atoms with E-state index in [2.05, 4.69) is 43.0 Å². The minimum atomic E-state index is -0.176. The van der Waals surface area contributed by atoms with Gasteiger partial charge in [0.15, 0.2) is 0 Å². The Bertz CT molecular complexity index is 575. The van der Waals surface area contributed by atoms with Crippen LogP contribution in [-0.2, 0) is 4.79 Å². The van der Waals surface area contributed by atoms with E-state index >= 15 is 0 Å². The zero-order chi connectivity index (χ0) is 20.9. The first-order valence-electron chi connectivity index (χ1n) is 10.6. The molecule has 2 N–H and O–H groups in total. The summed E-state index contributed by atoms with van der Waals surface area (Å²) in [5.74, 6) is 0.124. The van der Waals surface area contributed by atoms with Crippen LogP contribution in [0, 0.1) is 5.92 Å². The fraction of sp³-hybridized carbons (Fsp3) is 0.714. The molecule has 0 aliphatic carbocycles. The first-order chi connectivity index (χ1) is 13.4. The van der Waals surface area contributed by atoms with E-state index in [4.69, 9.17) is 0 Å². The molecule has 0 unspecified atom stereocenters. The van der Waals surface area contributed by atoms with Crippen molar-refractivity contribution in [2.75, 3.05) is 32.7 Å². The Hall–Kier alpha value is -2.02. The summed E-state index contributed by atoms with van der Waals surface area (Å²) in [4.78, 5) is 36.3. The molecule has 28 heavy (non-hydrogen) atoms. The Morgan fingerprint density at radius 1 is 1.18 bits per heavy atom. The zero-order valence-corrected chi connectivity index (χ0v) is 18.2. The number of hydrogen-bond donors (Lipinski definition) is 2. The van der Waals surface area contributed by atoms with Crippen LogP contribution in [0.4, 0.5) is 0 Å². The highest BCUT2D eigenvalue weighted by Crippen LogP contribution is 2.06. The molecule has 7 nitrogen and oxygen atoms in total. The number of quaternary nitrogens is 1. The average Bonchev–Trinajstić information content (AvgIpc) is 2.68. The molecule has 1 heterocycles. The van der Waals surface area contributed by atoms with Gasteiger partial charge in [0, 0.05) is 37.9 Å². The molecule has 1 atom stereocenters. The molecule has 1 rings (SSSR count). The van der Waals surface area contributed by atoms with Crippen molar-refractivity contribution in [3.8, 4) is 0 Å². The van der Waals surface area contributed by atoms with Gasteiger partial charge in [-0.2, -0.15) is 0 Å². The third-order valence-electron chi connectivity index (χ3n) is 4.84. The van der Waals surface area contributed by atoms with Gasteiger partial charge in [-0.3, -0.25) is 14.6 Å². The van der Waals surface area contributed by atoms with Crippen molar-refractivity contribution in [3.05, 3.63) is 24.3 Å². The highest BCUT2D eigenvalue weighted by Gasteiger charge is 2.19. The maximum atomic E-state index is 12.7. The molecule has 1 aromatic heterocycles. The Morgan fingerprint density at radius 3 is 2.46 bits per heavy atom. The number of hydrogen-bond acceptors (Lipinski definition) is 4. The Kier molecular flexibility index (Phi) is 11.3. The highest BCUT2D eigenvalue weighted by atomic mass is 16.2. The van der Waals surface area contributed by atoms with Crippen LogP contribution in [0.1, 0.15) is 64.4 Å². The van der Waals surface area contributed by atoms with Gasteiger partial charge in [-0.15, -0.1) is 0 Å². The van der Waals surface area contributed by atoms with Crippen LogP contribution in [0.3, 0.4) is 0 Å². The molecule has 0 spiro atoms. The van der Waals surface area contributed by atoms with Crippen molar-refractivity contribution >= 4 is 11.8 Å². The lowest BCUT2D eigenvalue weighted by atomic mass is 10.1. The summed E-state index contributed by atoms with van der Waals surface area (Å²) in [6, 6.07) is 0.150. The normalized spacial score (nSPS) is 12.2. The molecule has 0 aliphatic heterocycles. The number of nitrogens with one attached hydrogen (secondary N) is 2. The molecular weight excluding hydrogens is 354 g/mol. The van der Waals surface area contributed by atoms with E-state index in [1.165, 1.54) is 12.4 Å². The topological polar surface area (TPSA) is 79.6 Å². The van der Waals surface area contributed by atoms with Crippen LogP contribution in [0.25, 0.3) is 0 Å². The lowest BCUT2D eigenvalue weighted by molar-refractivity contribution is -0.896. The van der Waals surface area contributed by atoms with E-state index in [1.807, 2.05) is 6.92 Å². The highest BCUT2D eigenvalue weighted by molar-refractivity contribution is 5.92. The molecule has 7 heteroatoms. The van der Waals surface area contributed by atoms with Crippen LogP contribution < -0.4 is 10.2 Å². The molecular formula is C21H38N5O2+. The first kappa shape index (κ1) is 24.0. The Morgan fingerprint density at radius 2 is 1.89 bits per heavy atom. The molecule has 1 aromatic rings. The molecule has 0 saturated heterocycles. The fourth-order valence-corrected chi connectivity index (χ4v) is 3.21. The van der Waals surface area contributed by atoms with Crippen LogP contribution in [0.2, 0.25) is 0 Å². The zero-order valence-electron chi connectivity index (χ0n) is 18.2. The predicted molar refractivity (Wildman–Crippen MR) is 111 cm³/mol. The van der Waals surface area contributed by atoms with E-state index in [1.54, 1.807) is 16.0 Å². The number of carbonyl (C=O) groups is 2. The SMILES string of the molecule is CC[NH+](CC)CCC[C@@H](C)NC(=O)CCN(CC(C)C)C(=O)c1cnccn1. The number of aromatic nitrogens is 2. The van der Waals surface area contributed by atoms with Crippen LogP contribution in [-0.4, -0.2) is 65.4 Å². The minimum Gasteiger partial charge on any atom is -0.354 e. The maximum absolute atomic E-state index is 12.7. The van der Waals surface area contributed by atoms with E-state index in [-0.39, 0.29) is 17.9 Å². The van der Waals surface area contributed by atoms with Gasteiger partial charge in [0.2, 0.25) is 5.91 Å². The predicted octanol–water partition coefficient (Wildman–Crippen LogP) is 1.17. The summed E-state index contributed by atoms with van der Waals surface area (Å²) in [5.41, 5.74) is 0.316. The third-order valence-corrected chi connectivity index (χ3v) is 4.84. The summed E-state index contributed by atoms with van der Waals surface area (Å²) in [5, 5.41) is 3.06. The summed E-state index contributed by atoms with van der Waals surface area (Å²) in [7, 11) is 0. The summed E-state index contributed by atoms with van der Waals surface area (Å²) in [6.45, 7) is 15.0. The molecule has 158 valence electrons. The molecule has 0 fully saturated rings. The van der Waals surface area contributed by atoms with Crippen LogP contribution >= 0.6 is 0 Å². The second-order valence-corrected chi connectivity index (χ2v) is 7.80. The lowest BCUT2D eigenvalue weighted by Gasteiger charge is -2.24. The van der Waals surface area contributed by atoms with Crippen molar-refractivity contribution in [1.29, 1.82) is 0 Å². The maximum Gasteiger partial charge on any atom is 0.274 e. The second-order valence-electron chi connectivity index (χ2n) is 7.80. The van der Waals surface area contributed by atoms with Crippen LogP contribution in [0.15, 0.2) is 18.6 Å². The van der Waals surface area contributed by atoms with Crippen LogP contribution in [0.5, 0.6) is 0 Å². The number of amides is 2. The first-order valence-corrected chi connectivity index (χ1v) is 10.6. The van der Waals surface area contributed by atoms with Gasteiger partial charge in [0.05, 0.1) is 25.8 Å². The number of nitrogens with zero attached hydrogens (tertiary/aromatic N) is 3. The monoisotopic (exact) mass is 392 g/mol. The molecule has 2 amide bonds. The summed E-state index contributed by atoms with van der Waals surface area (Å²) < 4.78 is 0. The Balaban J connectivity index is 2.46. The Labute approximate surface area is 169 Å². The largest absolute Gasteiger partial charge is 0.354 e. The van der Waals surface area contributed by atoms with Crippen molar-refractivity contribution in [2.24, 2.45) is 5.92 Å². The van der Waals surface area contributed by atoms with Crippen molar-refractivity contribution in [3.63, 3.8) is 0 Å². The van der Waals surface area contributed by atoms with E-state index in [9.17, 15) is 9.59 Å². The lowest BCUT2D eigenvalue weighted by Crippen LogP contribution is -3.11. The second kappa shape index (κ2) is 13.2. The molecule has 0 aliphatic rings. The van der Waals surface area contributed by atoms with Gasteiger partial charge in [0.1, 0.15) is 5.69 Å². The fourth-order valence-electron chi connectivity index (χ4n) is 3.21. The van der Waals surface area contributed by atoms with Gasteiger partial charge < -0.3 is 15.1 Å².